The predicted octanol–water partition coefficient (Wildman–Crippen LogP) is 5.01. The van der Waals surface area contributed by atoms with Crippen LogP contribution in [0.3, 0.4) is 0 Å². The van der Waals surface area contributed by atoms with Crippen LogP contribution < -0.4 is 10.2 Å². The Labute approximate surface area is 177 Å². The van der Waals surface area contributed by atoms with Crippen LogP contribution >= 0.6 is 0 Å². The molecule has 3 aromatic carbocycles. The lowest BCUT2D eigenvalue weighted by Gasteiger charge is -2.20. The molecular weight excluding hydrogens is 376 g/mol. The zero-order chi connectivity index (χ0) is 20.8. The average molecular weight is 402 g/mol. The summed E-state index contributed by atoms with van der Waals surface area (Å²) in [6.07, 6.45) is 0.310. The highest BCUT2D eigenvalue weighted by Gasteiger charge is 2.20. The molecule has 1 heterocycles. The number of benzene rings is 3. The van der Waals surface area contributed by atoms with Crippen LogP contribution in [0, 0.1) is 0 Å². The minimum atomic E-state index is -0.636. The van der Waals surface area contributed by atoms with Crippen molar-refractivity contribution in [1.29, 1.82) is 0 Å². The first-order valence-corrected chi connectivity index (χ1v) is 10.2. The lowest BCUT2D eigenvalue weighted by atomic mass is 10.1. The Kier molecular flexibility index (Phi) is 6.30. The van der Waals surface area contributed by atoms with Crippen molar-refractivity contribution in [3.05, 3.63) is 95.6 Å². The van der Waals surface area contributed by atoms with Gasteiger partial charge in [-0.05, 0) is 41.3 Å². The first-order chi connectivity index (χ1) is 14.7. The average Bonchev–Trinajstić information content (AvgIpc) is 3.16. The fraction of sp³-hybridized carbons (Fsp3) is 0.240. The lowest BCUT2D eigenvalue weighted by molar-refractivity contribution is -0.0755. The zero-order valence-electron chi connectivity index (χ0n) is 17.1. The normalized spacial score (nSPS) is 13.6. The second kappa shape index (κ2) is 9.46. The van der Waals surface area contributed by atoms with E-state index < -0.39 is 12.4 Å². The maximum atomic E-state index is 12.4. The molecule has 0 aliphatic carbocycles. The number of carbonyl (C=O) groups is 1. The van der Waals surface area contributed by atoms with Gasteiger partial charge in [-0.3, -0.25) is 5.32 Å². The molecule has 0 spiro atoms. The van der Waals surface area contributed by atoms with Crippen molar-refractivity contribution in [3.8, 4) is 0 Å². The van der Waals surface area contributed by atoms with Crippen LogP contribution in [0.4, 0.5) is 16.2 Å². The van der Waals surface area contributed by atoms with E-state index in [0.717, 1.165) is 30.8 Å². The maximum absolute atomic E-state index is 12.4. The van der Waals surface area contributed by atoms with E-state index in [1.807, 2.05) is 48.5 Å². The second-order valence-corrected chi connectivity index (χ2v) is 7.39. The van der Waals surface area contributed by atoms with Crippen molar-refractivity contribution in [3.63, 3.8) is 0 Å². The van der Waals surface area contributed by atoms with Gasteiger partial charge in [-0.15, -0.1) is 0 Å². The van der Waals surface area contributed by atoms with Crippen LogP contribution in [0.2, 0.25) is 0 Å². The summed E-state index contributed by atoms with van der Waals surface area (Å²) in [5.41, 5.74) is 5.52. The first-order valence-electron chi connectivity index (χ1n) is 10.2. The van der Waals surface area contributed by atoms with Crippen LogP contribution in [-0.4, -0.2) is 26.0 Å². The fourth-order valence-electron chi connectivity index (χ4n) is 3.76. The number of hydrogen-bond donors (Lipinski definition) is 1. The fourth-order valence-corrected chi connectivity index (χ4v) is 3.76. The van der Waals surface area contributed by atoms with Crippen molar-refractivity contribution >= 4 is 17.5 Å². The van der Waals surface area contributed by atoms with Gasteiger partial charge in [0.2, 0.25) is 6.29 Å². The molecule has 0 saturated heterocycles. The first kappa shape index (κ1) is 20.0. The molecule has 0 bridgehead atoms. The molecule has 0 saturated carbocycles. The molecule has 0 aromatic heterocycles. The SMILES string of the molecule is COC(Cc1ccccc1)OC(=O)Nc1ccc2c(c1)CCN2Cc1ccccc1. The Balaban J connectivity index is 1.35. The van der Waals surface area contributed by atoms with Crippen LogP contribution in [-0.2, 0) is 28.9 Å². The highest BCUT2D eigenvalue weighted by Crippen LogP contribution is 2.31. The molecule has 5 nitrogen and oxygen atoms in total. The van der Waals surface area contributed by atoms with E-state index in [1.54, 1.807) is 0 Å². The quantitative estimate of drug-likeness (QED) is 0.564. The molecule has 0 radical (unpaired) electrons. The molecule has 1 amide bonds. The van der Waals surface area contributed by atoms with Gasteiger partial charge in [0.05, 0.1) is 0 Å². The number of nitrogens with zero attached hydrogens (tertiary/aromatic N) is 1. The Bertz CT molecular complexity index is 976. The minimum Gasteiger partial charge on any atom is -0.419 e. The molecule has 1 unspecified atom stereocenters. The zero-order valence-corrected chi connectivity index (χ0v) is 17.1. The molecule has 30 heavy (non-hydrogen) atoms. The number of hydrogen-bond acceptors (Lipinski definition) is 4. The van der Waals surface area contributed by atoms with E-state index in [-0.39, 0.29) is 0 Å². The van der Waals surface area contributed by atoms with Gasteiger partial charge in [0.1, 0.15) is 0 Å². The summed E-state index contributed by atoms with van der Waals surface area (Å²) in [4.78, 5) is 14.7. The second-order valence-electron chi connectivity index (χ2n) is 7.39. The summed E-state index contributed by atoms with van der Waals surface area (Å²) in [6.45, 7) is 1.86. The Morgan fingerprint density at radius 2 is 1.70 bits per heavy atom. The standard InChI is InChI=1S/C25H26N2O3/c1-29-24(16-19-8-4-2-5-9-19)30-25(28)26-22-12-13-23-21(17-22)14-15-27(23)18-20-10-6-3-7-11-20/h2-13,17,24H,14-16,18H2,1H3,(H,26,28). The summed E-state index contributed by atoms with van der Waals surface area (Å²) in [7, 11) is 1.54. The summed E-state index contributed by atoms with van der Waals surface area (Å²) in [5.74, 6) is 0. The van der Waals surface area contributed by atoms with E-state index >= 15 is 0 Å². The predicted molar refractivity (Wildman–Crippen MR) is 119 cm³/mol. The number of rotatable bonds is 7. The number of amides is 1. The molecule has 4 rings (SSSR count). The lowest BCUT2D eigenvalue weighted by Crippen LogP contribution is -2.25. The smallest absolute Gasteiger partial charge is 0.413 e. The van der Waals surface area contributed by atoms with E-state index in [2.05, 4.69) is 40.5 Å². The monoisotopic (exact) mass is 402 g/mol. The summed E-state index contributed by atoms with van der Waals surface area (Å²) >= 11 is 0. The molecule has 1 atom stereocenters. The number of nitrogens with one attached hydrogen (secondary N) is 1. The van der Waals surface area contributed by atoms with Crippen LogP contribution in [0.1, 0.15) is 16.7 Å². The Morgan fingerprint density at radius 1 is 1.00 bits per heavy atom. The third kappa shape index (κ3) is 4.99. The van der Waals surface area contributed by atoms with Crippen molar-refractivity contribution in [2.24, 2.45) is 0 Å². The third-order valence-corrected chi connectivity index (χ3v) is 5.28. The minimum absolute atomic E-state index is 0.503. The molecule has 5 heteroatoms. The number of ether oxygens (including phenoxy) is 2. The Morgan fingerprint density at radius 3 is 2.40 bits per heavy atom. The number of carbonyl (C=O) groups excluding carboxylic acids is 1. The van der Waals surface area contributed by atoms with Crippen LogP contribution in [0.25, 0.3) is 0 Å². The van der Waals surface area contributed by atoms with Crippen molar-refractivity contribution in [2.45, 2.75) is 25.7 Å². The van der Waals surface area contributed by atoms with Gasteiger partial charge in [-0.25, -0.2) is 4.79 Å². The van der Waals surface area contributed by atoms with Crippen molar-refractivity contribution < 1.29 is 14.3 Å². The van der Waals surface area contributed by atoms with Gasteiger partial charge in [0, 0.05) is 38.0 Å². The number of fused-ring (bicyclic) bond motifs is 1. The Hall–Kier alpha value is -3.31. The molecular formula is C25H26N2O3. The highest BCUT2D eigenvalue weighted by molar-refractivity contribution is 5.85. The van der Waals surface area contributed by atoms with Crippen LogP contribution in [0.15, 0.2) is 78.9 Å². The van der Waals surface area contributed by atoms with Gasteiger partial charge in [0.25, 0.3) is 0 Å². The van der Waals surface area contributed by atoms with Gasteiger partial charge < -0.3 is 14.4 Å². The topological polar surface area (TPSA) is 50.8 Å². The third-order valence-electron chi connectivity index (χ3n) is 5.28. The molecule has 3 aromatic rings. The summed E-state index contributed by atoms with van der Waals surface area (Å²) in [6, 6.07) is 26.3. The number of anilines is 2. The van der Waals surface area contributed by atoms with E-state index in [1.165, 1.54) is 23.9 Å². The van der Waals surface area contributed by atoms with Gasteiger partial charge in [-0.1, -0.05) is 60.7 Å². The molecule has 1 N–H and O–H groups in total. The molecule has 1 aliphatic rings. The highest BCUT2D eigenvalue weighted by atomic mass is 16.7. The van der Waals surface area contributed by atoms with E-state index in [0.29, 0.717) is 6.42 Å². The molecule has 1 aliphatic heterocycles. The van der Waals surface area contributed by atoms with Gasteiger partial charge >= 0.3 is 6.09 Å². The number of methoxy groups -OCH3 is 1. The molecule has 154 valence electrons. The summed E-state index contributed by atoms with van der Waals surface area (Å²) in [5, 5.41) is 2.83. The van der Waals surface area contributed by atoms with E-state index in [9.17, 15) is 4.79 Å². The van der Waals surface area contributed by atoms with Crippen molar-refractivity contribution in [1.82, 2.24) is 0 Å². The summed E-state index contributed by atoms with van der Waals surface area (Å²) < 4.78 is 10.8. The van der Waals surface area contributed by atoms with Gasteiger partial charge in [-0.2, -0.15) is 0 Å². The van der Waals surface area contributed by atoms with E-state index in [4.69, 9.17) is 9.47 Å². The van der Waals surface area contributed by atoms with Crippen LogP contribution in [0.5, 0.6) is 0 Å². The van der Waals surface area contributed by atoms with Crippen molar-refractivity contribution in [2.75, 3.05) is 23.9 Å². The maximum Gasteiger partial charge on any atom is 0.413 e. The van der Waals surface area contributed by atoms with Gasteiger partial charge in [0.15, 0.2) is 0 Å². The largest absolute Gasteiger partial charge is 0.419 e. The molecule has 0 fully saturated rings.